The van der Waals surface area contributed by atoms with Crippen LogP contribution in [0.1, 0.15) is 57.8 Å². The van der Waals surface area contributed by atoms with Crippen molar-refractivity contribution in [1.82, 2.24) is 5.32 Å². The fourth-order valence-corrected chi connectivity index (χ4v) is 2.67. The molecule has 1 heterocycles. The van der Waals surface area contributed by atoms with E-state index in [2.05, 4.69) is 10.3 Å². The highest BCUT2D eigenvalue weighted by atomic mass is 16.3. The van der Waals surface area contributed by atoms with Crippen molar-refractivity contribution in [2.24, 2.45) is 4.99 Å². The minimum Gasteiger partial charge on any atom is -0.388 e. The first-order valence-electron chi connectivity index (χ1n) is 6.78. The number of aliphatic imine (C=N–C) groups is 1. The molecule has 92 valence electrons. The second kappa shape index (κ2) is 5.67. The Morgan fingerprint density at radius 3 is 2.62 bits per heavy atom. The molecule has 2 rings (SSSR count). The summed E-state index contributed by atoms with van der Waals surface area (Å²) in [7, 11) is 0. The van der Waals surface area contributed by atoms with Crippen molar-refractivity contribution >= 4 is 5.84 Å². The number of aliphatic hydroxyl groups is 1. The van der Waals surface area contributed by atoms with Crippen LogP contribution in [0.5, 0.6) is 0 Å². The first-order valence-corrected chi connectivity index (χ1v) is 6.78. The third kappa shape index (κ3) is 3.48. The maximum absolute atomic E-state index is 10.4. The van der Waals surface area contributed by atoms with E-state index in [4.69, 9.17) is 0 Å². The molecule has 2 aliphatic rings. The van der Waals surface area contributed by atoms with Gasteiger partial charge in [0.2, 0.25) is 0 Å². The van der Waals surface area contributed by atoms with Crippen LogP contribution < -0.4 is 5.32 Å². The number of nitrogens with one attached hydrogen (secondary N) is 1. The lowest BCUT2D eigenvalue weighted by Gasteiger charge is -2.32. The van der Waals surface area contributed by atoms with Crippen LogP contribution in [-0.2, 0) is 0 Å². The zero-order valence-corrected chi connectivity index (χ0v) is 10.2. The van der Waals surface area contributed by atoms with Crippen LogP contribution in [0.3, 0.4) is 0 Å². The Morgan fingerprint density at radius 2 is 1.81 bits per heavy atom. The molecule has 0 aromatic rings. The Hall–Kier alpha value is -0.570. The number of hydrogen-bond donors (Lipinski definition) is 2. The highest BCUT2D eigenvalue weighted by molar-refractivity contribution is 5.82. The highest BCUT2D eigenvalue weighted by Crippen LogP contribution is 2.27. The molecule has 1 aliphatic carbocycles. The Kier molecular flexibility index (Phi) is 4.22. The molecule has 2 N–H and O–H groups in total. The maximum atomic E-state index is 10.4. The predicted molar refractivity (Wildman–Crippen MR) is 66.8 cm³/mol. The molecule has 0 bridgehead atoms. The third-order valence-electron chi connectivity index (χ3n) is 3.78. The van der Waals surface area contributed by atoms with E-state index >= 15 is 0 Å². The molecule has 1 aliphatic heterocycles. The number of nitrogens with zero attached hydrogens (tertiary/aromatic N) is 1. The summed E-state index contributed by atoms with van der Waals surface area (Å²) < 4.78 is 0. The molecule has 0 spiro atoms. The lowest BCUT2D eigenvalue weighted by Crippen LogP contribution is -2.44. The summed E-state index contributed by atoms with van der Waals surface area (Å²) in [5, 5.41) is 13.7. The zero-order chi connectivity index (χ0) is 11.3. The Bertz CT molecular complexity index is 244. The third-order valence-corrected chi connectivity index (χ3v) is 3.78. The Balaban J connectivity index is 1.78. The summed E-state index contributed by atoms with van der Waals surface area (Å²) in [6.07, 6.45) is 10.3. The van der Waals surface area contributed by atoms with Crippen molar-refractivity contribution in [2.45, 2.75) is 63.4 Å². The van der Waals surface area contributed by atoms with Gasteiger partial charge >= 0.3 is 0 Å². The maximum Gasteiger partial charge on any atom is 0.0964 e. The summed E-state index contributed by atoms with van der Waals surface area (Å²) in [6, 6.07) is 0. The monoisotopic (exact) mass is 224 g/mol. The molecule has 16 heavy (non-hydrogen) atoms. The summed E-state index contributed by atoms with van der Waals surface area (Å²) in [4.78, 5) is 4.53. The molecule has 0 aromatic carbocycles. The van der Waals surface area contributed by atoms with Gasteiger partial charge in [-0.3, -0.25) is 4.99 Å². The van der Waals surface area contributed by atoms with Crippen molar-refractivity contribution in [1.29, 1.82) is 0 Å². The standard InChI is InChI=1S/C13H24N2O/c16-13(8-4-2-5-9-13)11-15-12-7-3-1-6-10-14-12/h16H,1-11H2,(H,14,15). The van der Waals surface area contributed by atoms with Gasteiger partial charge in [0, 0.05) is 19.5 Å². The van der Waals surface area contributed by atoms with Crippen molar-refractivity contribution in [3.8, 4) is 0 Å². The molecule has 3 heteroatoms. The molecule has 0 aromatic heterocycles. The SMILES string of the molecule is OC1(CNC2=NCCCCC2)CCCCC1. The Labute approximate surface area is 98.3 Å². The molecule has 1 fully saturated rings. The van der Waals surface area contributed by atoms with E-state index < -0.39 is 5.60 Å². The van der Waals surface area contributed by atoms with Crippen LogP contribution in [0, 0.1) is 0 Å². The van der Waals surface area contributed by atoms with Crippen molar-refractivity contribution in [3.63, 3.8) is 0 Å². The van der Waals surface area contributed by atoms with E-state index in [-0.39, 0.29) is 0 Å². The van der Waals surface area contributed by atoms with Crippen LogP contribution in [0.2, 0.25) is 0 Å². The Morgan fingerprint density at radius 1 is 1.06 bits per heavy atom. The van der Waals surface area contributed by atoms with Crippen LogP contribution in [0.15, 0.2) is 4.99 Å². The van der Waals surface area contributed by atoms with E-state index in [1.807, 2.05) is 0 Å². The van der Waals surface area contributed by atoms with E-state index in [9.17, 15) is 5.11 Å². The minimum absolute atomic E-state index is 0.465. The fraction of sp³-hybridized carbons (Fsp3) is 0.923. The average Bonchev–Trinajstić information content (AvgIpc) is 2.56. The van der Waals surface area contributed by atoms with Gasteiger partial charge in [0.25, 0.3) is 0 Å². The van der Waals surface area contributed by atoms with Gasteiger partial charge in [-0.2, -0.15) is 0 Å². The van der Waals surface area contributed by atoms with Crippen molar-refractivity contribution < 1.29 is 5.11 Å². The topological polar surface area (TPSA) is 44.6 Å². The average molecular weight is 224 g/mol. The van der Waals surface area contributed by atoms with E-state index in [0.29, 0.717) is 6.54 Å². The van der Waals surface area contributed by atoms with Gasteiger partial charge in [-0.15, -0.1) is 0 Å². The van der Waals surface area contributed by atoms with Gasteiger partial charge < -0.3 is 10.4 Å². The molecule has 0 saturated heterocycles. The molecule has 1 saturated carbocycles. The summed E-state index contributed by atoms with van der Waals surface area (Å²) >= 11 is 0. The van der Waals surface area contributed by atoms with Gasteiger partial charge in [0.1, 0.15) is 0 Å². The van der Waals surface area contributed by atoms with E-state index in [1.54, 1.807) is 0 Å². The molecule has 0 unspecified atom stereocenters. The summed E-state index contributed by atoms with van der Waals surface area (Å²) in [6.45, 7) is 1.66. The number of rotatable bonds is 2. The van der Waals surface area contributed by atoms with Crippen molar-refractivity contribution in [2.75, 3.05) is 13.1 Å². The first-order chi connectivity index (χ1) is 7.79. The van der Waals surface area contributed by atoms with Gasteiger partial charge in [-0.25, -0.2) is 0 Å². The zero-order valence-electron chi connectivity index (χ0n) is 10.2. The quantitative estimate of drug-likeness (QED) is 0.755. The van der Waals surface area contributed by atoms with E-state index in [0.717, 1.165) is 31.6 Å². The van der Waals surface area contributed by atoms with Gasteiger partial charge in [-0.05, 0) is 25.7 Å². The van der Waals surface area contributed by atoms with Crippen LogP contribution in [0.25, 0.3) is 0 Å². The van der Waals surface area contributed by atoms with Crippen LogP contribution >= 0.6 is 0 Å². The second-order valence-corrected chi connectivity index (χ2v) is 5.28. The molecule has 3 nitrogen and oxygen atoms in total. The molecule has 0 amide bonds. The predicted octanol–water partition coefficient (Wildman–Crippen LogP) is 2.24. The number of amidine groups is 1. The largest absolute Gasteiger partial charge is 0.388 e. The first kappa shape index (κ1) is 11.9. The lowest BCUT2D eigenvalue weighted by molar-refractivity contribution is 0.00867. The van der Waals surface area contributed by atoms with Crippen LogP contribution in [0.4, 0.5) is 0 Å². The molecular weight excluding hydrogens is 200 g/mol. The highest BCUT2D eigenvalue weighted by Gasteiger charge is 2.29. The molecule has 0 atom stereocenters. The molecule has 0 radical (unpaired) electrons. The van der Waals surface area contributed by atoms with Gasteiger partial charge in [0.05, 0.1) is 11.4 Å². The summed E-state index contributed by atoms with van der Waals surface area (Å²) in [5.41, 5.74) is -0.465. The van der Waals surface area contributed by atoms with E-state index in [1.165, 1.54) is 38.5 Å². The normalized spacial score (nSPS) is 25.7. The second-order valence-electron chi connectivity index (χ2n) is 5.28. The van der Waals surface area contributed by atoms with Gasteiger partial charge in [-0.1, -0.05) is 25.7 Å². The fourth-order valence-electron chi connectivity index (χ4n) is 2.67. The lowest BCUT2D eigenvalue weighted by atomic mass is 9.85. The van der Waals surface area contributed by atoms with Gasteiger partial charge in [0.15, 0.2) is 0 Å². The minimum atomic E-state index is -0.465. The van der Waals surface area contributed by atoms with Crippen molar-refractivity contribution in [3.05, 3.63) is 0 Å². The summed E-state index contributed by atoms with van der Waals surface area (Å²) in [5.74, 6) is 1.12. The molecular formula is C13H24N2O. The van der Waals surface area contributed by atoms with Crippen LogP contribution in [-0.4, -0.2) is 29.6 Å². The smallest absolute Gasteiger partial charge is 0.0964 e. The number of hydrogen-bond acceptors (Lipinski definition) is 3.